The highest BCUT2D eigenvalue weighted by Gasteiger charge is 2.15. The Morgan fingerprint density at radius 3 is 2.75 bits per heavy atom. The quantitative estimate of drug-likeness (QED) is 0.288. The number of benzene rings is 2. The third-order valence-corrected chi connectivity index (χ3v) is 5.60. The zero-order valence-electron chi connectivity index (χ0n) is 15.4. The summed E-state index contributed by atoms with van der Waals surface area (Å²) in [4.78, 5) is 29.9. The van der Waals surface area contributed by atoms with Gasteiger partial charge in [0.1, 0.15) is 0 Å². The molecule has 0 aliphatic heterocycles. The molecule has 1 aromatic heterocycles. The van der Waals surface area contributed by atoms with Crippen molar-refractivity contribution in [1.29, 1.82) is 0 Å². The van der Waals surface area contributed by atoms with E-state index in [0.29, 0.717) is 22.6 Å². The number of halogens is 2. The molecule has 0 aliphatic carbocycles. The van der Waals surface area contributed by atoms with Gasteiger partial charge in [0.25, 0.3) is 5.56 Å². The number of rotatable bonds is 7. The van der Waals surface area contributed by atoms with Gasteiger partial charge in [-0.05, 0) is 42.8 Å². The van der Waals surface area contributed by atoms with E-state index < -0.39 is 5.82 Å². The van der Waals surface area contributed by atoms with E-state index in [1.54, 1.807) is 16.7 Å². The number of thioether (sulfide) groups is 1. The molecule has 0 fully saturated rings. The molecule has 28 heavy (non-hydrogen) atoms. The number of ketones is 1. The van der Waals surface area contributed by atoms with Crippen LogP contribution in [-0.2, 0) is 6.54 Å². The van der Waals surface area contributed by atoms with E-state index in [2.05, 4.69) is 20.9 Å². The molecule has 0 saturated carbocycles. The summed E-state index contributed by atoms with van der Waals surface area (Å²) in [7, 11) is 1.37. The van der Waals surface area contributed by atoms with Crippen LogP contribution < -0.4 is 10.3 Å². The van der Waals surface area contributed by atoms with E-state index >= 15 is 0 Å². The molecule has 0 spiro atoms. The lowest BCUT2D eigenvalue weighted by molar-refractivity contribution is 0.102. The van der Waals surface area contributed by atoms with E-state index in [1.165, 1.54) is 31.0 Å². The second kappa shape index (κ2) is 8.87. The van der Waals surface area contributed by atoms with Crippen LogP contribution in [0, 0.1) is 5.82 Å². The normalized spacial score (nSPS) is 11.0. The summed E-state index contributed by atoms with van der Waals surface area (Å²) in [5.41, 5.74) is 0.685. The van der Waals surface area contributed by atoms with Crippen molar-refractivity contribution in [2.75, 3.05) is 12.9 Å². The molecule has 0 saturated heterocycles. The third kappa shape index (κ3) is 4.28. The molecule has 3 rings (SSSR count). The van der Waals surface area contributed by atoms with Crippen molar-refractivity contribution in [2.24, 2.45) is 0 Å². The number of carbonyl (C=O) groups excluding carboxylic acids is 1. The average molecular weight is 465 g/mol. The van der Waals surface area contributed by atoms with Crippen LogP contribution in [0.4, 0.5) is 4.39 Å². The molecule has 0 atom stereocenters. The number of fused-ring (bicyclic) bond motifs is 1. The summed E-state index contributed by atoms with van der Waals surface area (Å²) in [6.07, 6.45) is 0.756. The van der Waals surface area contributed by atoms with Gasteiger partial charge < -0.3 is 4.74 Å². The van der Waals surface area contributed by atoms with Crippen LogP contribution in [0.3, 0.4) is 0 Å². The van der Waals surface area contributed by atoms with Gasteiger partial charge in [0, 0.05) is 16.6 Å². The third-order valence-electron chi connectivity index (χ3n) is 4.13. The number of ether oxygens (including phenoxy) is 1. The molecule has 1 heterocycles. The van der Waals surface area contributed by atoms with Crippen LogP contribution in [0.5, 0.6) is 5.75 Å². The maximum atomic E-state index is 13.9. The summed E-state index contributed by atoms with van der Waals surface area (Å²) in [6.45, 7) is 2.47. The van der Waals surface area contributed by atoms with Gasteiger partial charge in [0.15, 0.2) is 22.5 Å². The fraction of sp³-hybridized carbons (Fsp3) is 0.250. The lowest BCUT2D eigenvalue weighted by Gasteiger charge is -2.12. The van der Waals surface area contributed by atoms with Crippen LogP contribution in [0.1, 0.15) is 23.7 Å². The van der Waals surface area contributed by atoms with Gasteiger partial charge in [-0.3, -0.25) is 14.2 Å². The van der Waals surface area contributed by atoms with Crippen molar-refractivity contribution in [1.82, 2.24) is 9.55 Å². The minimum absolute atomic E-state index is 0.0456. The van der Waals surface area contributed by atoms with Crippen molar-refractivity contribution in [3.63, 3.8) is 0 Å². The highest BCUT2D eigenvalue weighted by Crippen LogP contribution is 2.23. The van der Waals surface area contributed by atoms with Gasteiger partial charge in [-0.1, -0.05) is 34.6 Å². The number of methoxy groups -OCH3 is 1. The van der Waals surface area contributed by atoms with Gasteiger partial charge in [-0.15, -0.1) is 0 Å². The maximum Gasteiger partial charge on any atom is 0.262 e. The molecule has 0 bridgehead atoms. The zero-order chi connectivity index (χ0) is 20.3. The molecule has 0 N–H and O–H groups in total. The van der Waals surface area contributed by atoms with E-state index in [1.807, 2.05) is 13.0 Å². The number of hydrogen-bond acceptors (Lipinski definition) is 5. The molecule has 0 amide bonds. The van der Waals surface area contributed by atoms with E-state index in [4.69, 9.17) is 4.74 Å². The van der Waals surface area contributed by atoms with Crippen LogP contribution >= 0.6 is 27.7 Å². The van der Waals surface area contributed by atoms with Gasteiger partial charge in [-0.25, -0.2) is 9.37 Å². The first kappa shape index (κ1) is 20.5. The van der Waals surface area contributed by atoms with Crippen LogP contribution in [0.2, 0.25) is 0 Å². The zero-order valence-corrected chi connectivity index (χ0v) is 17.8. The summed E-state index contributed by atoms with van der Waals surface area (Å²) in [6, 6.07) is 9.44. The fourth-order valence-corrected chi connectivity index (χ4v) is 4.04. The first-order valence-electron chi connectivity index (χ1n) is 8.64. The minimum Gasteiger partial charge on any atom is -0.494 e. The molecular weight excluding hydrogens is 447 g/mol. The van der Waals surface area contributed by atoms with Crippen molar-refractivity contribution in [3.8, 4) is 5.75 Å². The highest BCUT2D eigenvalue weighted by atomic mass is 79.9. The minimum atomic E-state index is -0.587. The first-order valence-corrected chi connectivity index (χ1v) is 10.4. The van der Waals surface area contributed by atoms with Gasteiger partial charge >= 0.3 is 0 Å². The molecular formula is C20H18BrFN2O3S. The first-order chi connectivity index (χ1) is 13.4. The number of carbonyl (C=O) groups is 1. The SMILES string of the molecule is CCCn1c(SCC(=O)c2ccc(OC)c(F)c2)nc2ccc(Br)cc2c1=O. The van der Waals surface area contributed by atoms with Crippen LogP contribution in [0.25, 0.3) is 10.9 Å². The van der Waals surface area contributed by atoms with Gasteiger partial charge in [-0.2, -0.15) is 0 Å². The topological polar surface area (TPSA) is 61.2 Å². The molecule has 146 valence electrons. The summed E-state index contributed by atoms with van der Waals surface area (Å²) < 4.78 is 21.1. The van der Waals surface area contributed by atoms with Crippen molar-refractivity contribution < 1.29 is 13.9 Å². The Hall–Kier alpha value is -2.19. The molecule has 5 nitrogen and oxygen atoms in total. The fourth-order valence-electron chi connectivity index (χ4n) is 2.76. The van der Waals surface area contributed by atoms with Gasteiger partial charge in [0.2, 0.25) is 0 Å². The molecule has 0 radical (unpaired) electrons. The smallest absolute Gasteiger partial charge is 0.262 e. The van der Waals surface area contributed by atoms with Crippen molar-refractivity contribution in [3.05, 3.63) is 62.6 Å². The predicted octanol–water partition coefficient (Wildman–Crippen LogP) is 4.69. The summed E-state index contributed by atoms with van der Waals surface area (Å²) in [5.74, 6) is -0.706. The Morgan fingerprint density at radius 2 is 2.07 bits per heavy atom. The number of nitrogens with zero attached hydrogens (tertiary/aromatic N) is 2. The molecule has 2 aromatic carbocycles. The van der Waals surface area contributed by atoms with Crippen molar-refractivity contribution >= 4 is 44.4 Å². The Kier molecular flexibility index (Phi) is 6.51. The Balaban J connectivity index is 1.90. The standard InChI is InChI=1S/C20H18BrFN2O3S/c1-3-8-24-19(26)14-10-13(21)5-6-16(14)23-20(24)28-11-17(25)12-4-7-18(27-2)15(22)9-12/h4-7,9-10H,3,8,11H2,1-2H3. The number of aromatic nitrogens is 2. The van der Waals surface area contributed by atoms with Crippen molar-refractivity contribution in [2.45, 2.75) is 25.0 Å². The number of hydrogen-bond donors (Lipinski definition) is 0. The molecule has 0 aliphatic rings. The Bertz CT molecular complexity index is 1100. The van der Waals surface area contributed by atoms with Gasteiger partial charge in [0.05, 0.1) is 23.8 Å². The summed E-state index contributed by atoms with van der Waals surface area (Å²) >= 11 is 4.55. The van der Waals surface area contributed by atoms with Crippen LogP contribution in [0.15, 0.2) is 50.8 Å². The largest absolute Gasteiger partial charge is 0.494 e. The maximum absolute atomic E-state index is 13.9. The number of Topliss-reactive ketones (excluding diaryl/α,β-unsaturated/α-hetero) is 1. The lowest BCUT2D eigenvalue weighted by Crippen LogP contribution is -2.23. The predicted molar refractivity (Wildman–Crippen MR) is 112 cm³/mol. The molecule has 3 aromatic rings. The second-order valence-electron chi connectivity index (χ2n) is 6.07. The average Bonchev–Trinajstić information content (AvgIpc) is 2.69. The van der Waals surface area contributed by atoms with E-state index in [-0.39, 0.29) is 28.4 Å². The Morgan fingerprint density at radius 1 is 1.29 bits per heavy atom. The molecule has 8 heteroatoms. The molecule has 0 unspecified atom stereocenters. The summed E-state index contributed by atoms with van der Waals surface area (Å²) in [5, 5.41) is 1.000. The second-order valence-corrected chi connectivity index (χ2v) is 7.93. The lowest BCUT2D eigenvalue weighted by atomic mass is 10.1. The van der Waals surface area contributed by atoms with Crippen LogP contribution in [-0.4, -0.2) is 28.2 Å². The van der Waals surface area contributed by atoms with E-state index in [0.717, 1.165) is 17.0 Å². The monoisotopic (exact) mass is 464 g/mol. The van der Waals surface area contributed by atoms with E-state index in [9.17, 15) is 14.0 Å². The highest BCUT2D eigenvalue weighted by molar-refractivity contribution is 9.10. The Labute approximate surface area is 174 Å².